The maximum absolute atomic E-state index is 11.7. The smallest absolute Gasteiger partial charge is 0.269 e. The Labute approximate surface area is 105 Å². The molecule has 0 aliphatic heterocycles. The lowest BCUT2D eigenvalue weighted by atomic mass is 9.99. The number of amides is 1. The number of carbonyl (C=O) groups excluding carboxylic acids is 1. The summed E-state index contributed by atoms with van der Waals surface area (Å²) in [7, 11) is 0. The van der Waals surface area contributed by atoms with Crippen LogP contribution >= 0.6 is 0 Å². The Morgan fingerprint density at radius 3 is 2.44 bits per heavy atom. The molecule has 1 aromatic carbocycles. The van der Waals surface area contributed by atoms with Gasteiger partial charge in [-0.1, -0.05) is 19.1 Å². The van der Waals surface area contributed by atoms with Crippen LogP contribution in [0.5, 0.6) is 0 Å². The quantitative estimate of drug-likeness (QED) is 0.609. The monoisotopic (exact) mass is 251 g/mol. The summed E-state index contributed by atoms with van der Waals surface area (Å²) in [5.74, 6) is -0.233. The number of nitro benzene ring substituents is 1. The maximum atomic E-state index is 11.7. The van der Waals surface area contributed by atoms with Crippen molar-refractivity contribution in [3.8, 4) is 0 Å². The molecule has 0 saturated heterocycles. The van der Waals surface area contributed by atoms with Crippen LogP contribution in [-0.2, 0) is 11.3 Å². The molecule has 18 heavy (non-hydrogen) atoms. The molecule has 0 bridgehead atoms. The van der Waals surface area contributed by atoms with Crippen LogP contribution in [0, 0.1) is 10.1 Å². The molecule has 0 fully saturated rings. The summed E-state index contributed by atoms with van der Waals surface area (Å²) >= 11 is 0. The number of nitrogens with two attached hydrogens (primary N) is 1. The van der Waals surface area contributed by atoms with Crippen LogP contribution in [0.2, 0.25) is 0 Å². The number of nitrogens with one attached hydrogen (secondary N) is 1. The van der Waals surface area contributed by atoms with Crippen molar-refractivity contribution in [3.05, 3.63) is 39.9 Å². The van der Waals surface area contributed by atoms with Crippen molar-refractivity contribution in [2.45, 2.75) is 32.4 Å². The molecule has 0 heterocycles. The molecule has 1 rings (SSSR count). The summed E-state index contributed by atoms with van der Waals surface area (Å²) in [6, 6.07) is 6.03. The highest BCUT2D eigenvalue weighted by molar-refractivity contribution is 5.85. The first kappa shape index (κ1) is 14.1. The van der Waals surface area contributed by atoms with Gasteiger partial charge in [-0.3, -0.25) is 14.9 Å². The number of benzene rings is 1. The van der Waals surface area contributed by atoms with Crippen LogP contribution in [0.25, 0.3) is 0 Å². The molecule has 1 amide bonds. The number of carbonyl (C=O) groups is 1. The summed E-state index contributed by atoms with van der Waals surface area (Å²) in [5, 5.41) is 13.2. The number of non-ortho nitro benzene ring substituents is 1. The van der Waals surface area contributed by atoms with Gasteiger partial charge in [-0.2, -0.15) is 0 Å². The van der Waals surface area contributed by atoms with E-state index in [1.54, 1.807) is 19.1 Å². The van der Waals surface area contributed by atoms with Crippen LogP contribution in [-0.4, -0.2) is 16.4 Å². The molecule has 0 aromatic heterocycles. The summed E-state index contributed by atoms with van der Waals surface area (Å²) in [4.78, 5) is 21.7. The number of hydrogen-bond donors (Lipinski definition) is 2. The van der Waals surface area contributed by atoms with Crippen LogP contribution < -0.4 is 11.1 Å². The van der Waals surface area contributed by atoms with Crippen molar-refractivity contribution in [2.24, 2.45) is 5.73 Å². The van der Waals surface area contributed by atoms with Gasteiger partial charge in [0.2, 0.25) is 5.91 Å². The third kappa shape index (κ3) is 3.53. The van der Waals surface area contributed by atoms with E-state index in [1.165, 1.54) is 12.1 Å². The average molecular weight is 251 g/mol. The van der Waals surface area contributed by atoms with Crippen molar-refractivity contribution >= 4 is 11.6 Å². The Kier molecular flexibility index (Phi) is 4.38. The van der Waals surface area contributed by atoms with Gasteiger partial charge in [0.05, 0.1) is 10.5 Å². The molecule has 6 nitrogen and oxygen atoms in total. The normalized spacial score (nSPS) is 13.7. The number of hydrogen-bond acceptors (Lipinski definition) is 4. The molecule has 0 spiro atoms. The number of nitro groups is 1. The Bertz CT molecular complexity index is 440. The molecular formula is C12H17N3O3. The second-order valence-electron chi connectivity index (χ2n) is 4.38. The van der Waals surface area contributed by atoms with Crippen molar-refractivity contribution < 1.29 is 9.72 Å². The first-order valence-electron chi connectivity index (χ1n) is 5.67. The van der Waals surface area contributed by atoms with Gasteiger partial charge in [0.15, 0.2) is 0 Å². The largest absolute Gasteiger partial charge is 0.350 e. The topological polar surface area (TPSA) is 98.3 Å². The lowest BCUT2D eigenvalue weighted by Gasteiger charge is -2.21. The molecule has 0 saturated carbocycles. The highest BCUT2D eigenvalue weighted by Gasteiger charge is 2.25. The Hall–Kier alpha value is -1.95. The van der Waals surface area contributed by atoms with Crippen LogP contribution in [0.15, 0.2) is 24.3 Å². The zero-order valence-electron chi connectivity index (χ0n) is 10.5. The molecule has 1 atom stereocenters. The van der Waals surface area contributed by atoms with Gasteiger partial charge in [-0.25, -0.2) is 0 Å². The first-order valence-corrected chi connectivity index (χ1v) is 5.67. The predicted octanol–water partition coefficient (Wildman–Crippen LogP) is 1.34. The summed E-state index contributed by atoms with van der Waals surface area (Å²) in [5.41, 5.74) is 5.72. The third-order valence-corrected chi connectivity index (χ3v) is 2.85. The number of nitrogens with zero attached hydrogens (tertiary/aromatic N) is 1. The molecule has 6 heteroatoms. The minimum Gasteiger partial charge on any atom is -0.350 e. The van der Waals surface area contributed by atoms with Gasteiger partial charge in [0.25, 0.3) is 5.69 Å². The molecule has 3 N–H and O–H groups in total. The van der Waals surface area contributed by atoms with Gasteiger partial charge in [-0.05, 0) is 18.9 Å². The second kappa shape index (κ2) is 5.59. The summed E-state index contributed by atoms with van der Waals surface area (Å²) in [6.07, 6.45) is 0.541. The fourth-order valence-electron chi connectivity index (χ4n) is 1.28. The highest BCUT2D eigenvalue weighted by atomic mass is 16.6. The van der Waals surface area contributed by atoms with Crippen LogP contribution in [0.3, 0.4) is 0 Å². The molecule has 98 valence electrons. The van der Waals surface area contributed by atoms with E-state index in [9.17, 15) is 14.9 Å². The van der Waals surface area contributed by atoms with E-state index in [2.05, 4.69) is 5.32 Å². The SMILES string of the molecule is CCC(C)(N)C(=O)NCc1ccc([N+](=O)[O-])cc1. The van der Waals surface area contributed by atoms with E-state index in [0.29, 0.717) is 13.0 Å². The fraction of sp³-hybridized carbons (Fsp3) is 0.417. The van der Waals surface area contributed by atoms with E-state index in [0.717, 1.165) is 5.56 Å². The van der Waals surface area contributed by atoms with Gasteiger partial charge in [0, 0.05) is 18.7 Å². The maximum Gasteiger partial charge on any atom is 0.269 e. The first-order chi connectivity index (χ1) is 8.36. The molecule has 1 aromatic rings. The summed E-state index contributed by atoms with van der Waals surface area (Å²) in [6.45, 7) is 3.81. The average Bonchev–Trinajstić information content (AvgIpc) is 2.36. The van der Waals surface area contributed by atoms with Crippen molar-refractivity contribution in [1.82, 2.24) is 5.32 Å². The summed E-state index contributed by atoms with van der Waals surface area (Å²) < 4.78 is 0. The third-order valence-electron chi connectivity index (χ3n) is 2.85. The van der Waals surface area contributed by atoms with Crippen molar-refractivity contribution in [3.63, 3.8) is 0 Å². The Balaban J connectivity index is 2.59. The van der Waals surface area contributed by atoms with Gasteiger partial charge >= 0.3 is 0 Å². The van der Waals surface area contributed by atoms with Crippen molar-refractivity contribution in [1.29, 1.82) is 0 Å². The fourth-order valence-corrected chi connectivity index (χ4v) is 1.28. The Morgan fingerprint density at radius 1 is 1.44 bits per heavy atom. The zero-order chi connectivity index (χ0) is 13.8. The number of rotatable bonds is 5. The van der Waals surface area contributed by atoms with E-state index in [4.69, 9.17) is 5.73 Å². The molecular weight excluding hydrogens is 234 g/mol. The van der Waals surface area contributed by atoms with Gasteiger partial charge in [0.1, 0.15) is 0 Å². The predicted molar refractivity (Wildman–Crippen MR) is 67.8 cm³/mol. The van der Waals surface area contributed by atoms with Gasteiger partial charge in [-0.15, -0.1) is 0 Å². The minimum absolute atomic E-state index is 0.0299. The molecule has 0 radical (unpaired) electrons. The van der Waals surface area contributed by atoms with E-state index < -0.39 is 10.5 Å². The molecule has 1 unspecified atom stereocenters. The van der Waals surface area contributed by atoms with E-state index >= 15 is 0 Å². The van der Waals surface area contributed by atoms with E-state index in [1.807, 2.05) is 6.92 Å². The van der Waals surface area contributed by atoms with Crippen LogP contribution in [0.1, 0.15) is 25.8 Å². The van der Waals surface area contributed by atoms with Crippen LogP contribution in [0.4, 0.5) is 5.69 Å². The zero-order valence-corrected chi connectivity index (χ0v) is 10.5. The lowest BCUT2D eigenvalue weighted by molar-refractivity contribution is -0.384. The van der Waals surface area contributed by atoms with E-state index in [-0.39, 0.29) is 11.6 Å². The second-order valence-corrected chi connectivity index (χ2v) is 4.38. The minimum atomic E-state index is -0.888. The molecule has 0 aliphatic rings. The Morgan fingerprint density at radius 2 is 2.00 bits per heavy atom. The highest BCUT2D eigenvalue weighted by Crippen LogP contribution is 2.12. The standard InChI is InChI=1S/C12H17N3O3/c1-3-12(2,13)11(16)14-8-9-4-6-10(7-5-9)15(17)18/h4-7H,3,8,13H2,1-2H3,(H,14,16). The van der Waals surface area contributed by atoms with Crippen molar-refractivity contribution in [2.75, 3.05) is 0 Å². The van der Waals surface area contributed by atoms with Gasteiger partial charge < -0.3 is 11.1 Å². The lowest BCUT2D eigenvalue weighted by Crippen LogP contribution is -2.50. The molecule has 0 aliphatic carbocycles.